The molecule has 0 spiro atoms. The van der Waals surface area contributed by atoms with Crippen LogP contribution in [0.2, 0.25) is 0 Å². The van der Waals surface area contributed by atoms with Crippen LogP contribution in [0.25, 0.3) is 0 Å². The third-order valence-corrected chi connectivity index (χ3v) is 3.65. The van der Waals surface area contributed by atoms with Crippen LogP contribution in [-0.4, -0.2) is 25.6 Å². The van der Waals surface area contributed by atoms with E-state index >= 15 is 0 Å². The molecule has 0 atom stereocenters. The van der Waals surface area contributed by atoms with Crippen molar-refractivity contribution in [1.82, 2.24) is 4.31 Å². The van der Waals surface area contributed by atoms with Crippen LogP contribution < -0.4 is 0 Å². The summed E-state index contributed by atoms with van der Waals surface area (Å²) in [6.45, 7) is 2.07. The van der Waals surface area contributed by atoms with Gasteiger partial charge in [0.15, 0.2) is 0 Å². The maximum absolute atomic E-state index is 12.4. The molecule has 0 saturated carbocycles. The molecule has 89 valence electrons. The molecule has 0 fully saturated rings. The lowest BCUT2D eigenvalue weighted by molar-refractivity contribution is -0.207. The van der Waals surface area contributed by atoms with Gasteiger partial charge in [0.2, 0.25) is 10.0 Å². The Labute approximate surface area is 91.5 Å². The minimum absolute atomic E-state index is 0.407. The molecule has 1 aromatic carbocycles. The van der Waals surface area contributed by atoms with Crippen LogP contribution in [0.3, 0.4) is 0 Å². The summed E-state index contributed by atoms with van der Waals surface area (Å²) in [5.74, 6) is 0. The lowest BCUT2D eigenvalue weighted by Gasteiger charge is -2.22. The zero-order valence-electron chi connectivity index (χ0n) is 8.11. The average molecular weight is 252 g/mol. The van der Waals surface area contributed by atoms with E-state index in [4.69, 9.17) is 0 Å². The predicted octanol–water partition coefficient (Wildman–Crippen LogP) is 2.03. The number of benzene rings is 1. The normalized spacial score (nSPS) is 13.1. The van der Waals surface area contributed by atoms with E-state index in [9.17, 15) is 21.6 Å². The Bertz CT molecular complexity index is 442. The summed E-state index contributed by atoms with van der Waals surface area (Å²) in [6, 6.07) is 6.42. The van der Waals surface area contributed by atoms with Crippen LogP contribution in [0.5, 0.6) is 0 Å². The van der Waals surface area contributed by atoms with Gasteiger partial charge in [-0.05, 0) is 19.1 Å². The Morgan fingerprint density at radius 2 is 1.69 bits per heavy atom. The summed E-state index contributed by atoms with van der Waals surface area (Å²) >= 11 is 0. The van der Waals surface area contributed by atoms with E-state index in [2.05, 4.69) is 6.92 Å². The molecule has 0 bridgehead atoms. The van der Waals surface area contributed by atoms with Crippen LogP contribution in [0.15, 0.2) is 35.2 Å². The van der Waals surface area contributed by atoms with Gasteiger partial charge in [-0.25, -0.2) is 8.42 Å². The minimum atomic E-state index is -4.96. The monoisotopic (exact) mass is 252 g/mol. The molecule has 3 nitrogen and oxygen atoms in total. The highest BCUT2D eigenvalue weighted by molar-refractivity contribution is 7.89. The summed E-state index contributed by atoms with van der Waals surface area (Å²) in [6.07, 6.45) is -4.96. The first-order valence-electron chi connectivity index (χ1n) is 4.24. The molecule has 0 aliphatic heterocycles. The van der Waals surface area contributed by atoms with E-state index < -0.39 is 32.1 Å². The van der Waals surface area contributed by atoms with Gasteiger partial charge < -0.3 is 0 Å². The SMILES string of the molecule is [CH2]CN(C(F)(F)F)S(=O)(=O)c1ccccc1. The lowest BCUT2D eigenvalue weighted by atomic mass is 10.4. The molecule has 0 aromatic heterocycles. The number of halogens is 3. The molecule has 16 heavy (non-hydrogen) atoms. The molecule has 0 heterocycles. The minimum Gasteiger partial charge on any atom is -0.207 e. The van der Waals surface area contributed by atoms with Crippen molar-refractivity contribution in [3.05, 3.63) is 37.3 Å². The summed E-state index contributed by atoms with van der Waals surface area (Å²) in [5, 5.41) is 0. The van der Waals surface area contributed by atoms with Crippen LogP contribution in [-0.2, 0) is 10.0 Å². The molecule has 0 aliphatic rings. The van der Waals surface area contributed by atoms with Crippen molar-refractivity contribution in [3.63, 3.8) is 0 Å². The van der Waals surface area contributed by atoms with Gasteiger partial charge in [0.25, 0.3) is 0 Å². The molecule has 1 aromatic rings. The van der Waals surface area contributed by atoms with E-state index in [1.165, 1.54) is 18.2 Å². The van der Waals surface area contributed by atoms with Crippen molar-refractivity contribution in [2.24, 2.45) is 0 Å². The quantitative estimate of drug-likeness (QED) is 0.772. The molecule has 0 aliphatic carbocycles. The third-order valence-electron chi connectivity index (χ3n) is 1.82. The number of hydrogen-bond donors (Lipinski definition) is 0. The largest absolute Gasteiger partial charge is 0.473 e. The first-order chi connectivity index (χ1) is 7.30. The fourth-order valence-corrected chi connectivity index (χ4v) is 2.37. The van der Waals surface area contributed by atoms with Crippen LogP contribution in [0, 0.1) is 6.92 Å². The second-order valence-electron chi connectivity index (χ2n) is 2.86. The maximum atomic E-state index is 12.4. The second-order valence-corrected chi connectivity index (χ2v) is 4.72. The molecule has 0 unspecified atom stereocenters. The first-order valence-corrected chi connectivity index (χ1v) is 5.68. The Balaban J connectivity index is 3.21. The van der Waals surface area contributed by atoms with Gasteiger partial charge in [0.1, 0.15) is 0 Å². The van der Waals surface area contributed by atoms with Crippen molar-refractivity contribution >= 4 is 10.0 Å². The van der Waals surface area contributed by atoms with E-state index in [0.29, 0.717) is 0 Å². The number of rotatable bonds is 3. The molecule has 0 N–H and O–H groups in total. The number of sulfonamides is 1. The van der Waals surface area contributed by atoms with Crippen LogP contribution in [0.1, 0.15) is 0 Å². The Morgan fingerprint density at radius 3 is 2.06 bits per heavy atom. The lowest BCUT2D eigenvalue weighted by Crippen LogP contribution is -2.42. The van der Waals surface area contributed by atoms with Gasteiger partial charge in [-0.3, -0.25) is 0 Å². The smallest absolute Gasteiger partial charge is 0.207 e. The van der Waals surface area contributed by atoms with Crippen molar-refractivity contribution < 1.29 is 21.6 Å². The van der Waals surface area contributed by atoms with Crippen molar-refractivity contribution in [2.75, 3.05) is 6.54 Å². The van der Waals surface area contributed by atoms with Crippen molar-refractivity contribution in [1.29, 1.82) is 0 Å². The molecule has 7 heteroatoms. The zero-order valence-corrected chi connectivity index (χ0v) is 8.92. The summed E-state index contributed by atoms with van der Waals surface area (Å²) < 4.78 is 59.8. The average Bonchev–Trinajstić information content (AvgIpc) is 2.17. The molecular formula is C9H9F3NO2S. The fourth-order valence-electron chi connectivity index (χ4n) is 1.10. The van der Waals surface area contributed by atoms with Gasteiger partial charge >= 0.3 is 6.30 Å². The standard InChI is InChI=1S/C9H9F3NO2S/c1-2-13(9(10,11)12)16(14,15)8-6-4-3-5-7-8/h3-7H,1-2H2. The topological polar surface area (TPSA) is 37.4 Å². The van der Waals surface area contributed by atoms with Gasteiger partial charge in [-0.2, -0.15) is 13.2 Å². The summed E-state index contributed by atoms with van der Waals surface area (Å²) in [4.78, 5) is -0.407. The number of alkyl halides is 3. The number of nitrogens with zero attached hydrogens (tertiary/aromatic N) is 1. The Hall–Kier alpha value is -1.08. The molecule has 1 radical (unpaired) electrons. The van der Waals surface area contributed by atoms with Crippen LogP contribution in [0.4, 0.5) is 13.2 Å². The van der Waals surface area contributed by atoms with Gasteiger partial charge in [-0.1, -0.05) is 18.2 Å². The molecule has 0 saturated heterocycles. The van der Waals surface area contributed by atoms with Gasteiger partial charge in [0, 0.05) is 6.54 Å². The summed E-state index contributed by atoms with van der Waals surface area (Å²) in [5.41, 5.74) is 0. The summed E-state index contributed by atoms with van der Waals surface area (Å²) in [7, 11) is -4.56. The highest BCUT2D eigenvalue weighted by atomic mass is 32.2. The van der Waals surface area contributed by atoms with Gasteiger partial charge in [0.05, 0.1) is 4.90 Å². The van der Waals surface area contributed by atoms with Crippen molar-refractivity contribution in [3.8, 4) is 0 Å². The number of hydrogen-bond acceptors (Lipinski definition) is 2. The molecule has 1 rings (SSSR count). The van der Waals surface area contributed by atoms with E-state index in [0.717, 1.165) is 12.1 Å². The highest BCUT2D eigenvalue weighted by Gasteiger charge is 2.45. The Kier molecular flexibility index (Phi) is 3.59. The van der Waals surface area contributed by atoms with E-state index in [-0.39, 0.29) is 0 Å². The van der Waals surface area contributed by atoms with Crippen LogP contribution >= 0.6 is 0 Å². The zero-order chi connectivity index (χ0) is 12.4. The fraction of sp³-hybridized carbons (Fsp3) is 0.222. The van der Waals surface area contributed by atoms with E-state index in [1.54, 1.807) is 0 Å². The second kappa shape index (κ2) is 4.42. The molecular weight excluding hydrogens is 243 g/mol. The first kappa shape index (κ1) is 13.0. The molecule has 0 amide bonds. The Morgan fingerprint density at radius 1 is 1.19 bits per heavy atom. The van der Waals surface area contributed by atoms with E-state index in [1.807, 2.05) is 0 Å². The van der Waals surface area contributed by atoms with Crippen molar-refractivity contribution in [2.45, 2.75) is 11.2 Å². The maximum Gasteiger partial charge on any atom is 0.473 e. The van der Waals surface area contributed by atoms with Gasteiger partial charge in [-0.15, -0.1) is 4.31 Å². The highest BCUT2D eigenvalue weighted by Crippen LogP contribution is 2.28. The predicted molar refractivity (Wildman–Crippen MR) is 51.7 cm³/mol. The third kappa shape index (κ3) is 2.53.